The smallest absolute Gasteiger partial charge is 0.387 e. The van der Waals surface area contributed by atoms with Gasteiger partial charge in [-0.05, 0) is 24.6 Å². The molecule has 0 aromatic heterocycles. The third kappa shape index (κ3) is 3.13. The lowest BCUT2D eigenvalue weighted by Gasteiger charge is -2.07. The summed E-state index contributed by atoms with van der Waals surface area (Å²) in [4.78, 5) is 11.7. The fraction of sp³-hybridized carbons (Fsp3) is 0.364. The van der Waals surface area contributed by atoms with Gasteiger partial charge in [-0.25, -0.2) is 0 Å². The van der Waals surface area contributed by atoms with Gasteiger partial charge in [-0.2, -0.15) is 8.78 Å². The van der Waals surface area contributed by atoms with Crippen LogP contribution in [0.5, 0.6) is 5.75 Å². The van der Waals surface area contributed by atoms with Gasteiger partial charge in [-0.1, -0.05) is 6.07 Å². The number of amides is 1. The number of carbonyl (C=O) groups is 1. The van der Waals surface area contributed by atoms with Gasteiger partial charge in [0.15, 0.2) is 0 Å². The van der Waals surface area contributed by atoms with E-state index in [1.54, 1.807) is 0 Å². The zero-order chi connectivity index (χ0) is 12.4. The summed E-state index contributed by atoms with van der Waals surface area (Å²) >= 11 is 0. The number of ether oxygens (including phenoxy) is 1. The van der Waals surface area contributed by atoms with Crippen LogP contribution in [0.1, 0.15) is 16.8 Å². The lowest BCUT2D eigenvalue weighted by Crippen LogP contribution is -2.29. The second kappa shape index (κ2) is 4.67. The van der Waals surface area contributed by atoms with Gasteiger partial charge in [0.1, 0.15) is 5.75 Å². The first-order valence-electron chi connectivity index (χ1n) is 5.17. The first kappa shape index (κ1) is 11.8. The van der Waals surface area contributed by atoms with Gasteiger partial charge in [-0.3, -0.25) is 4.79 Å². The Labute approximate surface area is 96.7 Å². The average molecular weight is 242 g/mol. The van der Waals surface area contributed by atoms with Crippen molar-refractivity contribution in [3.8, 4) is 5.75 Å². The molecular weight excluding hydrogens is 230 g/mol. The van der Waals surface area contributed by atoms with E-state index in [1.807, 2.05) is 0 Å². The number of carbonyl (C=O) groups excluding carboxylic acids is 1. The van der Waals surface area contributed by atoms with Crippen molar-refractivity contribution in [1.29, 1.82) is 0 Å². The molecule has 4 nitrogen and oxygen atoms in total. The first-order chi connectivity index (χ1) is 8.06. The van der Waals surface area contributed by atoms with Crippen LogP contribution in [0, 0.1) is 0 Å². The third-order valence-electron chi connectivity index (χ3n) is 2.48. The van der Waals surface area contributed by atoms with Gasteiger partial charge in [0.2, 0.25) is 0 Å². The minimum atomic E-state index is -2.90. The predicted molar refractivity (Wildman–Crippen MR) is 56.9 cm³/mol. The summed E-state index contributed by atoms with van der Waals surface area (Å²) in [5, 5.41) is 2.69. The standard InChI is InChI=1S/C11H12F2N2O2/c12-11(13)17-7-3-1-2-6(4-7)10(16)15-9-5-8(9)14/h1-4,8-9,11H,5,14H2,(H,15,16). The topological polar surface area (TPSA) is 64.3 Å². The van der Waals surface area contributed by atoms with E-state index in [1.165, 1.54) is 24.3 Å². The molecule has 3 N–H and O–H groups in total. The van der Waals surface area contributed by atoms with Gasteiger partial charge in [0.25, 0.3) is 5.91 Å². The number of nitrogens with two attached hydrogens (primary N) is 1. The summed E-state index contributed by atoms with van der Waals surface area (Å²) in [5.41, 5.74) is 5.83. The highest BCUT2D eigenvalue weighted by Crippen LogP contribution is 2.20. The van der Waals surface area contributed by atoms with Gasteiger partial charge < -0.3 is 15.8 Å². The Balaban J connectivity index is 2.02. The lowest BCUT2D eigenvalue weighted by atomic mass is 10.2. The highest BCUT2D eigenvalue weighted by Gasteiger charge is 2.34. The number of alkyl halides is 2. The maximum absolute atomic E-state index is 12.0. The SMILES string of the molecule is NC1CC1NC(=O)c1cccc(OC(F)F)c1. The molecule has 2 atom stereocenters. The second-order valence-corrected chi connectivity index (χ2v) is 3.89. The van der Waals surface area contributed by atoms with Crippen molar-refractivity contribution < 1.29 is 18.3 Å². The molecule has 2 unspecified atom stereocenters. The molecule has 1 aliphatic rings. The number of nitrogens with one attached hydrogen (secondary N) is 1. The molecule has 0 aliphatic heterocycles. The van der Waals surface area contributed by atoms with E-state index in [-0.39, 0.29) is 29.3 Å². The van der Waals surface area contributed by atoms with Gasteiger partial charge in [-0.15, -0.1) is 0 Å². The molecule has 1 aromatic rings. The molecule has 17 heavy (non-hydrogen) atoms. The Morgan fingerprint density at radius 3 is 2.82 bits per heavy atom. The maximum atomic E-state index is 12.0. The van der Waals surface area contributed by atoms with Gasteiger partial charge in [0, 0.05) is 17.6 Å². The maximum Gasteiger partial charge on any atom is 0.387 e. The number of hydrogen-bond donors (Lipinski definition) is 2. The van der Waals surface area contributed by atoms with E-state index in [0.29, 0.717) is 0 Å². The quantitative estimate of drug-likeness (QED) is 0.831. The Hall–Kier alpha value is -1.69. The largest absolute Gasteiger partial charge is 0.435 e. The predicted octanol–water partition coefficient (Wildman–Crippen LogP) is 1.12. The fourth-order valence-electron chi connectivity index (χ4n) is 1.45. The van der Waals surface area contributed by atoms with Crippen LogP contribution in [0.4, 0.5) is 8.78 Å². The number of rotatable bonds is 4. The monoisotopic (exact) mass is 242 g/mol. The first-order valence-corrected chi connectivity index (χ1v) is 5.17. The van der Waals surface area contributed by atoms with Crippen LogP contribution < -0.4 is 15.8 Å². The van der Waals surface area contributed by atoms with Crippen LogP contribution in [0.25, 0.3) is 0 Å². The van der Waals surface area contributed by atoms with Crippen LogP contribution in [-0.4, -0.2) is 24.6 Å². The molecule has 0 bridgehead atoms. The highest BCUT2D eigenvalue weighted by atomic mass is 19.3. The molecule has 0 spiro atoms. The van der Waals surface area contributed by atoms with Crippen LogP contribution in [0.15, 0.2) is 24.3 Å². The van der Waals surface area contributed by atoms with Gasteiger partial charge >= 0.3 is 6.61 Å². The molecule has 0 saturated heterocycles. The molecule has 1 aromatic carbocycles. The number of halogens is 2. The van der Waals surface area contributed by atoms with E-state index in [0.717, 1.165) is 6.42 Å². The minimum Gasteiger partial charge on any atom is -0.435 e. The molecule has 1 aliphatic carbocycles. The zero-order valence-corrected chi connectivity index (χ0v) is 8.90. The van der Waals surface area contributed by atoms with Gasteiger partial charge in [0.05, 0.1) is 0 Å². The summed E-state index contributed by atoms with van der Waals surface area (Å²) in [6.45, 7) is -2.90. The van der Waals surface area contributed by atoms with Crippen molar-refractivity contribution in [2.24, 2.45) is 5.73 Å². The molecule has 0 heterocycles. The van der Waals surface area contributed by atoms with Crippen molar-refractivity contribution in [2.75, 3.05) is 0 Å². The molecule has 1 fully saturated rings. The summed E-state index contributed by atoms with van der Waals surface area (Å²) in [5.74, 6) is -0.365. The lowest BCUT2D eigenvalue weighted by molar-refractivity contribution is -0.0498. The summed E-state index contributed by atoms with van der Waals surface area (Å²) in [7, 11) is 0. The van der Waals surface area contributed by atoms with Crippen LogP contribution in [0.3, 0.4) is 0 Å². The molecule has 6 heteroatoms. The second-order valence-electron chi connectivity index (χ2n) is 3.89. The van der Waals surface area contributed by atoms with Crippen molar-refractivity contribution in [3.05, 3.63) is 29.8 Å². The third-order valence-corrected chi connectivity index (χ3v) is 2.48. The molecule has 92 valence electrons. The molecule has 1 saturated carbocycles. The average Bonchev–Trinajstić information content (AvgIpc) is 2.93. The van der Waals surface area contributed by atoms with Crippen LogP contribution >= 0.6 is 0 Å². The van der Waals surface area contributed by atoms with Crippen molar-refractivity contribution in [2.45, 2.75) is 25.1 Å². The normalized spacial score (nSPS) is 22.4. The van der Waals surface area contributed by atoms with Crippen molar-refractivity contribution >= 4 is 5.91 Å². The number of hydrogen-bond acceptors (Lipinski definition) is 3. The van der Waals surface area contributed by atoms with Crippen molar-refractivity contribution in [1.82, 2.24) is 5.32 Å². The minimum absolute atomic E-state index is 0.000512. The Kier molecular flexibility index (Phi) is 3.23. The Morgan fingerprint density at radius 1 is 1.53 bits per heavy atom. The van der Waals surface area contributed by atoms with E-state index in [9.17, 15) is 13.6 Å². The van der Waals surface area contributed by atoms with E-state index in [2.05, 4.69) is 10.1 Å². The molecule has 2 rings (SSSR count). The molecule has 0 radical (unpaired) electrons. The summed E-state index contributed by atoms with van der Waals surface area (Å²) in [6.07, 6.45) is 0.749. The zero-order valence-electron chi connectivity index (χ0n) is 8.90. The van der Waals surface area contributed by atoms with E-state index < -0.39 is 6.61 Å². The summed E-state index contributed by atoms with van der Waals surface area (Å²) in [6, 6.07) is 5.64. The fourth-order valence-corrected chi connectivity index (χ4v) is 1.45. The van der Waals surface area contributed by atoms with E-state index in [4.69, 9.17) is 5.73 Å². The molecular formula is C11H12F2N2O2. The molecule has 1 amide bonds. The summed E-state index contributed by atoms with van der Waals surface area (Å²) < 4.78 is 28.2. The van der Waals surface area contributed by atoms with Crippen molar-refractivity contribution in [3.63, 3.8) is 0 Å². The Bertz CT molecular complexity index is 426. The highest BCUT2D eigenvalue weighted by molar-refractivity contribution is 5.95. The number of benzene rings is 1. The van der Waals surface area contributed by atoms with E-state index >= 15 is 0 Å². The van der Waals surface area contributed by atoms with Crippen LogP contribution in [-0.2, 0) is 0 Å². The Morgan fingerprint density at radius 2 is 2.24 bits per heavy atom. The van der Waals surface area contributed by atoms with Crippen LogP contribution in [0.2, 0.25) is 0 Å².